The molecule has 0 saturated heterocycles. The molecular formula is C20H18N4O2. The van der Waals surface area contributed by atoms with Gasteiger partial charge in [0.05, 0.1) is 23.8 Å². The minimum absolute atomic E-state index is 0.238. The van der Waals surface area contributed by atoms with E-state index in [1.165, 1.54) is 7.11 Å². The number of para-hydroxylation sites is 2. The Labute approximate surface area is 150 Å². The first-order valence-corrected chi connectivity index (χ1v) is 8.24. The molecule has 4 aromatic rings. The number of carbonyl (C=O) groups excluding carboxylic acids is 1. The number of nitrogens with two attached hydrogens (primary N) is 1. The van der Waals surface area contributed by atoms with Gasteiger partial charge in [-0.3, -0.25) is 4.57 Å². The Morgan fingerprint density at radius 3 is 2.42 bits per heavy atom. The van der Waals surface area contributed by atoms with E-state index in [4.69, 9.17) is 15.5 Å². The first-order valence-electron chi connectivity index (χ1n) is 8.24. The summed E-state index contributed by atoms with van der Waals surface area (Å²) in [6.45, 7) is 4.05. The van der Waals surface area contributed by atoms with Gasteiger partial charge in [0, 0.05) is 0 Å². The minimum Gasteiger partial charge on any atom is -0.465 e. The summed E-state index contributed by atoms with van der Waals surface area (Å²) >= 11 is 0. The zero-order valence-corrected chi connectivity index (χ0v) is 14.8. The highest BCUT2D eigenvalue weighted by molar-refractivity contribution is 6.09. The van der Waals surface area contributed by atoms with Gasteiger partial charge in [-0.2, -0.15) is 0 Å². The molecule has 0 unspecified atom stereocenters. The molecule has 26 heavy (non-hydrogen) atoms. The molecule has 0 aliphatic rings. The number of ether oxygens (including phenoxy) is 1. The molecule has 0 amide bonds. The second kappa shape index (κ2) is 5.84. The highest BCUT2D eigenvalue weighted by Gasteiger charge is 2.26. The summed E-state index contributed by atoms with van der Waals surface area (Å²) in [4.78, 5) is 21.8. The van der Waals surface area contributed by atoms with Gasteiger partial charge in [0.15, 0.2) is 5.65 Å². The van der Waals surface area contributed by atoms with Gasteiger partial charge < -0.3 is 10.5 Å². The van der Waals surface area contributed by atoms with Gasteiger partial charge in [-0.05, 0) is 43.2 Å². The van der Waals surface area contributed by atoms with Crippen molar-refractivity contribution in [1.82, 2.24) is 14.5 Å². The number of nitrogen functional groups attached to an aromatic ring is 1. The molecule has 130 valence electrons. The summed E-state index contributed by atoms with van der Waals surface area (Å²) in [7, 11) is 1.33. The standard InChI is InChI=1S/C20H18N4O2/c1-11-7-6-10-15(12(11)2)24-18(21)16(20(25)26-3)17-19(24)23-14-9-5-4-8-13(14)22-17/h4-10H,21H2,1-3H3. The molecule has 0 spiro atoms. The molecule has 6 heteroatoms. The van der Waals surface area contributed by atoms with Crippen molar-refractivity contribution in [3.8, 4) is 5.69 Å². The van der Waals surface area contributed by atoms with Crippen molar-refractivity contribution in [1.29, 1.82) is 0 Å². The number of nitrogens with zero attached hydrogens (tertiary/aromatic N) is 3. The van der Waals surface area contributed by atoms with Crippen LogP contribution in [0.1, 0.15) is 21.5 Å². The Kier molecular flexibility index (Phi) is 3.61. The van der Waals surface area contributed by atoms with Gasteiger partial charge in [0.25, 0.3) is 0 Å². The molecule has 0 bridgehead atoms. The van der Waals surface area contributed by atoms with Crippen molar-refractivity contribution in [3.05, 3.63) is 59.2 Å². The van der Waals surface area contributed by atoms with Crippen molar-refractivity contribution >= 4 is 34.0 Å². The van der Waals surface area contributed by atoms with E-state index in [9.17, 15) is 4.79 Å². The molecule has 0 atom stereocenters. The number of aromatic nitrogens is 3. The van der Waals surface area contributed by atoms with Crippen molar-refractivity contribution in [2.45, 2.75) is 13.8 Å². The van der Waals surface area contributed by atoms with Gasteiger partial charge in [0.1, 0.15) is 16.9 Å². The second-order valence-electron chi connectivity index (χ2n) is 6.19. The molecule has 0 saturated carbocycles. The van der Waals surface area contributed by atoms with Crippen molar-refractivity contribution in [2.75, 3.05) is 12.8 Å². The van der Waals surface area contributed by atoms with Crippen molar-refractivity contribution in [3.63, 3.8) is 0 Å². The fourth-order valence-electron chi connectivity index (χ4n) is 3.19. The fraction of sp³-hybridized carbons (Fsp3) is 0.150. The van der Waals surface area contributed by atoms with Crippen LogP contribution >= 0.6 is 0 Å². The third-order valence-electron chi connectivity index (χ3n) is 4.70. The summed E-state index contributed by atoms with van der Waals surface area (Å²) in [6.07, 6.45) is 0. The Balaban J connectivity index is 2.19. The molecule has 0 radical (unpaired) electrons. The number of aryl methyl sites for hydroxylation is 1. The smallest absolute Gasteiger partial charge is 0.343 e. The van der Waals surface area contributed by atoms with Gasteiger partial charge in [-0.25, -0.2) is 14.8 Å². The molecule has 2 aromatic carbocycles. The molecule has 2 aromatic heterocycles. The molecule has 0 aliphatic heterocycles. The third kappa shape index (κ3) is 2.23. The molecule has 4 rings (SSSR count). The van der Waals surface area contributed by atoms with Crippen molar-refractivity contribution < 1.29 is 9.53 Å². The first kappa shape index (κ1) is 16.1. The molecular weight excluding hydrogens is 328 g/mol. The van der Waals surface area contributed by atoms with Gasteiger partial charge in [-0.15, -0.1) is 0 Å². The van der Waals surface area contributed by atoms with E-state index in [1.807, 2.05) is 56.3 Å². The lowest BCUT2D eigenvalue weighted by Crippen LogP contribution is -2.08. The maximum atomic E-state index is 12.4. The average Bonchev–Trinajstić information content (AvgIpc) is 2.92. The van der Waals surface area contributed by atoms with E-state index >= 15 is 0 Å². The molecule has 2 N–H and O–H groups in total. The number of anilines is 1. The Morgan fingerprint density at radius 2 is 1.73 bits per heavy atom. The monoisotopic (exact) mass is 346 g/mol. The summed E-state index contributed by atoms with van der Waals surface area (Å²) in [6, 6.07) is 13.5. The Hall–Kier alpha value is -3.41. The van der Waals surface area contributed by atoms with E-state index < -0.39 is 5.97 Å². The van der Waals surface area contributed by atoms with Crippen molar-refractivity contribution in [2.24, 2.45) is 0 Å². The van der Waals surface area contributed by atoms with Crippen LogP contribution in [0.25, 0.3) is 27.9 Å². The summed E-state index contributed by atoms with van der Waals surface area (Å²) in [5.41, 5.74) is 12.1. The summed E-state index contributed by atoms with van der Waals surface area (Å²) < 4.78 is 6.72. The number of fused-ring (bicyclic) bond motifs is 2. The lowest BCUT2D eigenvalue weighted by Gasteiger charge is -2.12. The van der Waals surface area contributed by atoms with Crippen LogP contribution in [0.4, 0.5) is 5.82 Å². The quantitative estimate of drug-likeness (QED) is 0.561. The number of hydrogen-bond donors (Lipinski definition) is 1. The SMILES string of the molecule is COC(=O)c1c(N)n(-c2cccc(C)c2C)c2nc3ccccc3nc12. The zero-order chi connectivity index (χ0) is 18.4. The normalized spacial score (nSPS) is 11.2. The Morgan fingerprint density at radius 1 is 1.04 bits per heavy atom. The summed E-state index contributed by atoms with van der Waals surface area (Å²) in [5.74, 6) is -0.253. The number of esters is 1. The molecule has 0 aliphatic carbocycles. The van der Waals surface area contributed by atoms with E-state index in [2.05, 4.69) is 4.98 Å². The second-order valence-corrected chi connectivity index (χ2v) is 6.19. The summed E-state index contributed by atoms with van der Waals surface area (Å²) in [5, 5.41) is 0. The van der Waals surface area contributed by atoms with Crippen LogP contribution in [0, 0.1) is 13.8 Å². The average molecular weight is 346 g/mol. The highest BCUT2D eigenvalue weighted by atomic mass is 16.5. The highest BCUT2D eigenvalue weighted by Crippen LogP contribution is 2.33. The first-order chi connectivity index (χ1) is 12.5. The topological polar surface area (TPSA) is 83.0 Å². The van der Waals surface area contributed by atoms with Gasteiger partial charge >= 0.3 is 5.97 Å². The number of hydrogen-bond acceptors (Lipinski definition) is 5. The van der Waals surface area contributed by atoms with E-state index in [0.717, 1.165) is 22.3 Å². The lowest BCUT2D eigenvalue weighted by atomic mass is 10.1. The number of benzene rings is 2. The van der Waals surface area contributed by atoms with Crippen LogP contribution in [0.5, 0.6) is 0 Å². The maximum absolute atomic E-state index is 12.4. The van der Waals surface area contributed by atoms with Crippen LogP contribution in [-0.4, -0.2) is 27.6 Å². The van der Waals surface area contributed by atoms with E-state index in [1.54, 1.807) is 4.57 Å². The zero-order valence-electron chi connectivity index (χ0n) is 14.8. The van der Waals surface area contributed by atoms with Crippen LogP contribution < -0.4 is 5.73 Å². The number of methoxy groups -OCH3 is 1. The largest absolute Gasteiger partial charge is 0.465 e. The predicted molar refractivity (Wildman–Crippen MR) is 102 cm³/mol. The Bertz CT molecular complexity index is 1180. The maximum Gasteiger partial charge on any atom is 0.343 e. The molecule has 0 fully saturated rings. The number of carbonyl (C=O) groups is 1. The lowest BCUT2D eigenvalue weighted by molar-refractivity contribution is 0.0604. The van der Waals surface area contributed by atoms with Crippen LogP contribution in [-0.2, 0) is 4.74 Å². The van der Waals surface area contributed by atoms with E-state index in [0.29, 0.717) is 16.7 Å². The van der Waals surface area contributed by atoms with Gasteiger partial charge in [-0.1, -0.05) is 24.3 Å². The minimum atomic E-state index is -0.527. The fourth-order valence-corrected chi connectivity index (χ4v) is 3.19. The van der Waals surface area contributed by atoms with Gasteiger partial charge in [0.2, 0.25) is 0 Å². The number of rotatable bonds is 2. The van der Waals surface area contributed by atoms with Crippen LogP contribution in [0.15, 0.2) is 42.5 Å². The third-order valence-corrected chi connectivity index (χ3v) is 4.70. The van der Waals surface area contributed by atoms with E-state index in [-0.39, 0.29) is 11.4 Å². The predicted octanol–water partition coefficient (Wildman–Crippen LogP) is 3.56. The molecule has 2 heterocycles. The molecule has 6 nitrogen and oxygen atoms in total. The van der Waals surface area contributed by atoms with Crippen LogP contribution in [0.2, 0.25) is 0 Å². The van der Waals surface area contributed by atoms with Crippen LogP contribution in [0.3, 0.4) is 0 Å².